The normalized spacial score (nSPS) is 16.3. The number of rotatable bonds is 4. The SMILES string of the molecule is Cl.ClCCCN1CCN(c2cc(Cl)ccc2Cl)CC1. The fourth-order valence-corrected chi connectivity index (χ4v) is 2.75. The summed E-state index contributed by atoms with van der Waals surface area (Å²) in [5.74, 6) is 0.736. The van der Waals surface area contributed by atoms with E-state index in [0.717, 1.165) is 60.8 Å². The van der Waals surface area contributed by atoms with E-state index in [1.165, 1.54) is 0 Å². The van der Waals surface area contributed by atoms with Crippen molar-refractivity contribution in [1.82, 2.24) is 4.90 Å². The van der Waals surface area contributed by atoms with Crippen molar-refractivity contribution in [2.75, 3.05) is 43.5 Å². The van der Waals surface area contributed by atoms with Crippen molar-refractivity contribution in [2.24, 2.45) is 0 Å². The van der Waals surface area contributed by atoms with Crippen molar-refractivity contribution < 1.29 is 0 Å². The van der Waals surface area contributed by atoms with Gasteiger partial charge in [-0.3, -0.25) is 4.90 Å². The number of benzene rings is 1. The van der Waals surface area contributed by atoms with E-state index in [0.29, 0.717) is 0 Å². The highest BCUT2D eigenvalue weighted by molar-refractivity contribution is 6.35. The second-order valence-electron chi connectivity index (χ2n) is 4.47. The van der Waals surface area contributed by atoms with Gasteiger partial charge >= 0.3 is 0 Å². The molecule has 0 spiro atoms. The van der Waals surface area contributed by atoms with E-state index in [-0.39, 0.29) is 12.4 Å². The second-order valence-corrected chi connectivity index (χ2v) is 5.69. The molecule has 0 aromatic heterocycles. The van der Waals surface area contributed by atoms with Crippen LogP contribution in [0.15, 0.2) is 18.2 Å². The standard InChI is InChI=1S/C13H17Cl3N2.ClH/c14-4-1-5-17-6-8-18(9-7-17)13-10-11(15)2-3-12(13)16;/h2-3,10H,1,4-9H2;1H. The molecule has 0 amide bonds. The van der Waals surface area contributed by atoms with Crippen LogP contribution in [-0.4, -0.2) is 43.5 Å². The Balaban J connectivity index is 0.00000180. The number of hydrogen-bond acceptors (Lipinski definition) is 2. The molecule has 1 aromatic carbocycles. The summed E-state index contributed by atoms with van der Waals surface area (Å²) in [4.78, 5) is 4.74. The summed E-state index contributed by atoms with van der Waals surface area (Å²) < 4.78 is 0. The molecule has 0 unspecified atom stereocenters. The molecule has 1 saturated heterocycles. The van der Waals surface area contributed by atoms with Gasteiger partial charge in [0.2, 0.25) is 0 Å². The van der Waals surface area contributed by atoms with Crippen LogP contribution in [0.25, 0.3) is 0 Å². The fraction of sp³-hybridized carbons (Fsp3) is 0.538. The van der Waals surface area contributed by atoms with Crippen LogP contribution in [-0.2, 0) is 0 Å². The summed E-state index contributed by atoms with van der Waals surface area (Å²) in [5, 5.41) is 1.51. The van der Waals surface area contributed by atoms with Crippen LogP contribution in [0.4, 0.5) is 5.69 Å². The Morgan fingerprint density at radius 1 is 1.05 bits per heavy atom. The summed E-state index contributed by atoms with van der Waals surface area (Å²) in [6.07, 6.45) is 1.06. The summed E-state index contributed by atoms with van der Waals surface area (Å²) in [5.41, 5.74) is 1.04. The van der Waals surface area contributed by atoms with Crippen molar-refractivity contribution in [3.63, 3.8) is 0 Å². The Labute approximate surface area is 136 Å². The molecule has 6 heteroatoms. The van der Waals surface area contributed by atoms with E-state index < -0.39 is 0 Å². The van der Waals surface area contributed by atoms with Crippen molar-refractivity contribution >= 4 is 52.9 Å². The zero-order valence-corrected chi connectivity index (χ0v) is 13.7. The van der Waals surface area contributed by atoms with Crippen LogP contribution in [0.3, 0.4) is 0 Å². The second kappa shape index (κ2) is 8.43. The minimum atomic E-state index is 0. The lowest BCUT2D eigenvalue weighted by molar-refractivity contribution is 0.259. The number of halogens is 4. The molecule has 2 rings (SSSR count). The molecule has 1 fully saturated rings. The number of alkyl halides is 1. The highest BCUT2D eigenvalue weighted by atomic mass is 35.5. The lowest BCUT2D eigenvalue weighted by atomic mass is 10.2. The van der Waals surface area contributed by atoms with Crippen molar-refractivity contribution in [3.05, 3.63) is 28.2 Å². The average Bonchev–Trinajstić information content (AvgIpc) is 2.40. The van der Waals surface area contributed by atoms with E-state index in [1.807, 2.05) is 18.2 Å². The smallest absolute Gasteiger partial charge is 0.0640 e. The average molecular weight is 344 g/mol. The molecular weight excluding hydrogens is 326 g/mol. The molecule has 1 aliphatic heterocycles. The molecule has 1 aliphatic rings. The molecule has 0 bridgehead atoms. The molecule has 2 nitrogen and oxygen atoms in total. The summed E-state index contributed by atoms with van der Waals surface area (Å²) in [7, 11) is 0. The monoisotopic (exact) mass is 342 g/mol. The van der Waals surface area contributed by atoms with Gasteiger partial charge in [-0.2, -0.15) is 0 Å². The van der Waals surface area contributed by atoms with Gasteiger partial charge in [0.25, 0.3) is 0 Å². The van der Waals surface area contributed by atoms with Crippen molar-refractivity contribution in [2.45, 2.75) is 6.42 Å². The van der Waals surface area contributed by atoms with Gasteiger partial charge < -0.3 is 4.90 Å². The Hall–Kier alpha value is 0.140. The summed E-state index contributed by atoms with van der Waals surface area (Å²) >= 11 is 18.0. The first-order valence-corrected chi connectivity index (χ1v) is 7.48. The predicted molar refractivity (Wildman–Crippen MR) is 87.7 cm³/mol. The van der Waals surface area contributed by atoms with E-state index in [1.54, 1.807) is 0 Å². The fourth-order valence-electron chi connectivity index (χ4n) is 2.22. The first-order chi connectivity index (χ1) is 8.70. The molecule has 0 radical (unpaired) electrons. The number of nitrogens with zero attached hydrogens (tertiary/aromatic N) is 2. The maximum Gasteiger partial charge on any atom is 0.0640 e. The lowest BCUT2D eigenvalue weighted by Crippen LogP contribution is -2.46. The molecule has 1 aromatic rings. The molecule has 0 aliphatic carbocycles. The van der Waals surface area contributed by atoms with Crippen LogP contribution < -0.4 is 4.90 Å². The zero-order chi connectivity index (χ0) is 13.0. The van der Waals surface area contributed by atoms with Crippen LogP contribution in [0, 0.1) is 0 Å². The lowest BCUT2D eigenvalue weighted by Gasteiger charge is -2.36. The minimum absolute atomic E-state index is 0. The maximum absolute atomic E-state index is 6.22. The summed E-state index contributed by atoms with van der Waals surface area (Å²) in [6.45, 7) is 5.17. The molecule has 0 saturated carbocycles. The highest BCUT2D eigenvalue weighted by Crippen LogP contribution is 2.29. The Bertz CT molecular complexity index is 392. The first kappa shape index (κ1) is 17.2. The number of piperazine rings is 1. The van der Waals surface area contributed by atoms with Gasteiger partial charge in [-0.15, -0.1) is 24.0 Å². The van der Waals surface area contributed by atoms with E-state index >= 15 is 0 Å². The molecule has 1 heterocycles. The van der Waals surface area contributed by atoms with Crippen molar-refractivity contribution in [3.8, 4) is 0 Å². The van der Waals surface area contributed by atoms with Gasteiger partial charge in [0.15, 0.2) is 0 Å². The molecule has 0 N–H and O–H groups in total. The van der Waals surface area contributed by atoms with Crippen molar-refractivity contribution in [1.29, 1.82) is 0 Å². The topological polar surface area (TPSA) is 6.48 Å². The highest BCUT2D eigenvalue weighted by Gasteiger charge is 2.18. The van der Waals surface area contributed by atoms with Gasteiger partial charge in [-0.05, 0) is 31.2 Å². The van der Waals surface area contributed by atoms with E-state index in [4.69, 9.17) is 34.8 Å². The maximum atomic E-state index is 6.22. The van der Waals surface area contributed by atoms with Gasteiger partial charge in [-0.25, -0.2) is 0 Å². The van der Waals surface area contributed by atoms with Gasteiger partial charge in [0, 0.05) is 37.1 Å². The van der Waals surface area contributed by atoms with E-state index in [2.05, 4.69) is 9.80 Å². The third-order valence-electron chi connectivity index (χ3n) is 3.23. The predicted octanol–water partition coefficient (Wildman–Crippen LogP) is 4.17. The molecule has 19 heavy (non-hydrogen) atoms. The van der Waals surface area contributed by atoms with E-state index in [9.17, 15) is 0 Å². The van der Waals surface area contributed by atoms with Gasteiger partial charge in [-0.1, -0.05) is 23.2 Å². The largest absolute Gasteiger partial charge is 0.368 e. The van der Waals surface area contributed by atoms with Crippen LogP contribution in [0.1, 0.15) is 6.42 Å². The van der Waals surface area contributed by atoms with Crippen LogP contribution >= 0.6 is 47.2 Å². The molecular formula is C13H18Cl4N2. The quantitative estimate of drug-likeness (QED) is 0.757. The molecule has 0 atom stereocenters. The summed E-state index contributed by atoms with van der Waals surface area (Å²) in [6, 6.07) is 5.63. The third-order valence-corrected chi connectivity index (χ3v) is 4.05. The number of anilines is 1. The Morgan fingerprint density at radius 3 is 2.37 bits per heavy atom. The Morgan fingerprint density at radius 2 is 1.74 bits per heavy atom. The molecule has 108 valence electrons. The van der Waals surface area contributed by atoms with Gasteiger partial charge in [0.1, 0.15) is 0 Å². The number of hydrogen-bond donors (Lipinski definition) is 0. The van der Waals surface area contributed by atoms with Crippen LogP contribution in [0.5, 0.6) is 0 Å². The first-order valence-electron chi connectivity index (χ1n) is 6.19. The van der Waals surface area contributed by atoms with Gasteiger partial charge in [0.05, 0.1) is 10.7 Å². The van der Waals surface area contributed by atoms with Crippen LogP contribution in [0.2, 0.25) is 10.0 Å². The zero-order valence-electron chi connectivity index (χ0n) is 10.6. The third kappa shape index (κ3) is 4.87. The Kier molecular flexibility index (Phi) is 7.63. The minimum Gasteiger partial charge on any atom is -0.368 e.